The minimum atomic E-state index is -3.23. The van der Waals surface area contributed by atoms with Crippen molar-refractivity contribution in [3.05, 3.63) is 24.3 Å². The molecule has 1 atom stereocenters. The third kappa shape index (κ3) is 4.03. The Hall–Kier alpha value is -1.71. The van der Waals surface area contributed by atoms with Crippen molar-refractivity contribution in [2.75, 3.05) is 18.9 Å². The molecular weight excluding hydrogens is 332 g/mol. The van der Waals surface area contributed by atoms with Gasteiger partial charge in [-0.1, -0.05) is 18.6 Å². The molecule has 1 N–H and O–H groups in total. The smallest absolute Gasteiger partial charge is 0.211 e. The van der Waals surface area contributed by atoms with Crippen LogP contribution in [0.2, 0.25) is 0 Å². The molecule has 0 saturated carbocycles. The zero-order valence-corrected chi connectivity index (χ0v) is 14.5. The molecule has 0 amide bonds. The molecule has 9 heteroatoms. The third-order valence-corrected chi connectivity index (χ3v) is 5.45. The molecule has 3 heterocycles. The van der Waals surface area contributed by atoms with Gasteiger partial charge >= 0.3 is 0 Å². The van der Waals surface area contributed by atoms with Crippen LogP contribution in [0.25, 0.3) is 11.3 Å². The van der Waals surface area contributed by atoms with Gasteiger partial charge < -0.3 is 9.15 Å². The van der Waals surface area contributed by atoms with Gasteiger partial charge in [-0.25, -0.2) is 17.8 Å². The lowest BCUT2D eigenvalue weighted by atomic mass is 10.1. The molecule has 132 valence electrons. The van der Waals surface area contributed by atoms with Crippen LogP contribution in [-0.2, 0) is 27.9 Å². The molecule has 0 fully saturated rings. The Kier molecular flexibility index (Phi) is 5.32. The van der Waals surface area contributed by atoms with Crippen molar-refractivity contribution >= 4 is 10.0 Å². The Morgan fingerprint density at radius 1 is 1.46 bits per heavy atom. The van der Waals surface area contributed by atoms with Crippen LogP contribution in [0, 0.1) is 5.92 Å². The van der Waals surface area contributed by atoms with E-state index in [9.17, 15) is 8.42 Å². The topological polar surface area (TPSA) is 99.2 Å². The van der Waals surface area contributed by atoms with Gasteiger partial charge in [0.15, 0.2) is 0 Å². The van der Waals surface area contributed by atoms with Crippen molar-refractivity contribution in [3.8, 4) is 11.3 Å². The maximum absolute atomic E-state index is 11.9. The summed E-state index contributed by atoms with van der Waals surface area (Å²) in [7, 11) is -3.23. The molecule has 1 aliphatic rings. The summed E-state index contributed by atoms with van der Waals surface area (Å²) in [6, 6.07) is 1.83. The number of fused-ring (bicyclic) bond motifs is 1. The summed E-state index contributed by atoms with van der Waals surface area (Å²) in [6.07, 6.45) is 4.73. The van der Waals surface area contributed by atoms with E-state index < -0.39 is 10.0 Å². The number of nitrogens with one attached hydrogen (secondary N) is 1. The molecule has 8 nitrogen and oxygen atoms in total. The van der Waals surface area contributed by atoms with Crippen molar-refractivity contribution in [1.82, 2.24) is 19.7 Å². The van der Waals surface area contributed by atoms with Gasteiger partial charge in [0, 0.05) is 24.6 Å². The monoisotopic (exact) mass is 354 g/mol. The van der Waals surface area contributed by atoms with E-state index in [2.05, 4.69) is 15.0 Å². The summed E-state index contributed by atoms with van der Waals surface area (Å²) >= 11 is 0. The van der Waals surface area contributed by atoms with E-state index in [1.165, 1.54) is 0 Å². The predicted octanol–water partition coefficient (Wildman–Crippen LogP) is 1.40. The molecule has 2 aromatic rings. The Balaban J connectivity index is 1.66. The molecule has 0 unspecified atom stereocenters. The van der Waals surface area contributed by atoms with E-state index in [0.717, 1.165) is 23.4 Å². The second kappa shape index (κ2) is 7.45. The van der Waals surface area contributed by atoms with Gasteiger partial charge in [-0.2, -0.15) is 0 Å². The molecule has 0 bridgehead atoms. The number of nitrogens with zero attached hydrogens (tertiary/aromatic N) is 3. The van der Waals surface area contributed by atoms with Crippen molar-refractivity contribution < 1.29 is 17.6 Å². The maximum Gasteiger partial charge on any atom is 0.211 e. The zero-order chi connectivity index (χ0) is 17.0. The maximum atomic E-state index is 11.9. The molecule has 0 radical (unpaired) electrons. The van der Waals surface area contributed by atoms with E-state index in [1.807, 2.05) is 13.0 Å². The van der Waals surface area contributed by atoms with Gasteiger partial charge in [-0.3, -0.25) is 0 Å². The zero-order valence-electron chi connectivity index (χ0n) is 13.6. The Morgan fingerprint density at radius 2 is 2.33 bits per heavy atom. The summed E-state index contributed by atoms with van der Waals surface area (Å²) in [4.78, 5) is 0. The van der Waals surface area contributed by atoms with E-state index in [1.54, 1.807) is 17.2 Å². The third-order valence-electron chi connectivity index (χ3n) is 4.01. The second-order valence-corrected chi connectivity index (χ2v) is 7.91. The molecule has 3 rings (SSSR count). The number of furan rings is 1. The first-order valence-corrected chi connectivity index (χ1v) is 9.74. The highest BCUT2D eigenvalue weighted by Gasteiger charge is 2.23. The molecule has 0 aromatic carbocycles. The van der Waals surface area contributed by atoms with E-state index >= 15 is 0 Å². The number of aromatic nitrogens is 3. The Morgan fingerprint density at radius 3 is 3.08 bits per heavy atom. The van der Waals surface area contributed by atoms with Gasteiger partial charge in [0.1, 0.15) is 5.69 Å². The number of ether oxygens (including phenoxy) is 1. The lowest BCUT2D eigenvalue weighted by Crippen LogP contribution is -2.34. The van der Waals surface area contributed by atoms with Crippen molar-refractivity contribution in [3.63, 3.8) is 0 Å². The lowest BCUT2D eigenvalue weighted by Gasteiger charge is -2.14. The number of rotatable bonds is 7. The van der Waals surface area contributed by atoms with Crippen LogP contribution in [0.1, 0.15) is 25.5 Å². The molecule has 0 saturated heterocycles. The number of hydrogen-bond acceptors (Lipinski definition) is 6. The predicted molar refractivity (Wildman–Crippen MR) is 87.6 cm³/mol. The van der Waals surface area contributed by atoms with Gasteiger partial charge in [-0.05, 0) is 12.5 Å². The second-order valence-electron chi connectivity index (χ2n) is 5.98. The lowest BCUT2D eigenvalue weighted by molar-refractivity contribution is 0.0959. The largest absolute Gasteiger partial charge is 0.472 e. The standard InChI is InChI=1S/C15H22N4O4S/c1-2-3-6-24(20,21)16-7-12-8-19-14(11-23-9-12)15(17-18-19)13-4-5-22-10-13/h4-5,10,12,16H,2-3,6-9,11H2,1H3/t12-/m0/s1. The van der Waals surface area contributed by atoms with Crippen LogP contribution < -0.4 is 4.72 Å². The fraction of sp³-hybridized carbons (Fsp3) is 0.600. The molecule has 24 heavy (non-hydrogen) atoms. The quantitative estimate of drug-likeness (QED) is 0.807. The van der Waals surface area contributed by atoms with Gasteiger partial charge in [0.25, 0.3) is 0 Å². The van der Waals surface area contributed by atoms with E-state index in [-0.39, 0.29) is 11.7 Å². The fourth-order valence-corrected chi connectivity index (χ4v) is 3.94. The molecule has 0 aliphatic carbocycles. The minimum absolute atomic E-state index is 0.0153. The summed E-state index contributed by atoms with van der Waals surface area (Å²) in [5.74, 6) is 0.178. The highest BCUT2D eigenvalue weighted by atomic mass is 32.2. The summed E-state index contributed by atoms with van der Waals surface area (Å²) in [5, 5.41) is 8.38. The van der Waals surface area contributed by atoms with Crippen LogP contribution in [-0.4, -0.2) is 42.3 Å². The van der Waals surface area contributed by atoms with Crippen molar-refractivity contribution in [1.29, 1.82) is 0 Å². The molecule has 0 spiro atoms. The Labute approximate surface area is 141 Å². The fourth-order valence-electron chi connectivity index (χ4n) is 2.64. The number of hydrogen-bond donors (Lipinski definition) is 1. The highest BCUT2D eigenvalue weighted by molar-refractivity contribution is 7.89. The van der Waals surface area contributed by atoms with Gasteiger partial charge in [0.2, 0.25) is 10.0 Å². The van der Waals surface area contributed by atoms with Crippen LogP contribution in [0.4, 0.5) is 0 Å². The average molecular weight is 354 g/mol. The van der Waals surface area contributed by atoms with E-state index in [0.29, 0.717) is 32.7 Å². The number of sulfonamides is 1. The SMILES string of the molecule is CCCCS(=O)(=O)NC[C@@H]1COCc2c(-c3ccoc3)nnn2C1. The highest BCUT2D eigenvalue weighted by Crippen LogP contribution is 2.24. The van der Waals surface area contributed by atoms with Crippen molar-refractivity contribution in [2.45, 2.75) is 32.9 Å². The van der Waals surface area contributed by atoms with Crippen LogP contribution >= 0.6 is 0 Å². The first-order valence-electron chi connectivity index (χ1n) is 8.09. The van der Waals surface area contributed by atoms with Crippen molar-refractivity contribution in [2.24, 2.45) is 5.92 Å². The first-order chi connectivity index (χ1) is 11.6. The summed E-state index contributed by atoms with van der Waals surface area (Å²) in [5.41, 5.74) is 2.49. The Bertz CT molecular complexity index is 755. The molecule has 1 aliphatic heterocycles. The van der Waals surface area contributed by atoms with Gasteiger partial charge in [0.05, 0.1) is 37.2 Å². The summed E-state index contributed by atoms with van der Waals surface area (Å²) in [6.45, 7) is 3.75. The first kappa shape index (κ1) is 17.1. The molecule has 2 aromatic heterocycles. The number of unbranched alkanes of at least 4 members (excludes halogenated alkanes) is 1. The normalized spacial score (nSPS) is 18.3. The minimum Gasteiger partial charge on any atom is -0.472 e. The van der Waals surface area contributed by atoms with Gasteiger partial charge in [-0.15, -0.1) is 5.10 Å². The average Bonchev–Trinajstić information content (AvgIpc) is 3.17. The molecular formula is C15H22N4O4S. The van der Waals surface area contributed by atoms with E-state index in [4.69, 9.17) is 9.15 Å². The van der Waals surface area contributed by atoms with Crippen LogP contribution in [0.15, 0.2) is 23.0 Å². The van der Waals surface area contributed by atoms with Crippen LogP contribution in [0.3, 0.4) is 0 Å². The summed E-state index contributed by atoms with van der Waals surface area (Å²) < 4.78 is 39.1. The van der Waals surface area contributed by atoms with Crippen LogP contribution in [0.5, 0.6) is 0 Å².